The van der Waals surface area contributed by atoms with E-state index in [-0.39, 0.29) is 12.0 Å². The van der Waals surface area contributed by atoms with E-state index >= 15 is 0 Å². The number of hydrogen-bond acceptors (Lipinski definition) is 3. The molecule has 15 heavy (non-hydrogen) atoms. The van der Waals surface area contributed by atoms with Gasteiger partial charge in [0, 0.05) is 14.7 Å². The van der Waals surface area contributed by atoms with Crippen molar-refractivity contribution in [1.82, 2.24) is 4.72 Å². The fourth-order valence-corrected chi connectivity index (χ4v) is 3.07. The van der Waals surface area contributed by atoms with Crippen LogP contribution >= 0.6 is 0 Å². The number of hydrogen-bond donors (Lipinski definition) is 1. The highest BCUT2D eigenvalue weighted by molar-refractivity contribution is 7.90. The lowest BCUT2D eigenvalue weighted by atomic mass is 10.8. The number of rotatable bonds is 7. The van der Waals surface area contributed by atoms with Crippen molar-refractivity contribution >= 4 is 18.1 Å². The third-order valence-electron chi connectivity index (χ3n) is 2.32. The average molecular weight is 251 g/mol. The number of nitrogens with one attached hydrogen (secondary N) is 1. The van der Waals surface area contributed by atoms with Gasteiger partial charge >= 0.3 is 0 Å². The van der Waals surface area contributed by atoms with E-state index in [0.717, 1.165) is 18.9 Å². The summed E-state index contributed by atoms with van der Waals surface area (Å²) in [5.41, 5.74) is 0. The minimum atomic E-state index is -3.07. The predicted octanol–water partition coefficient (Wildman–Crippen LogP) is 1.38. The Morgan fingerprint density at radius 3 is 2.40 bits per heavy atom. The molecule has 0 radical (unpaired) electrons. The maximum Gasteiger partial charge on any atom is 0.216 e. The van der Waals surface area contributed by atoms with Gasteiger partial charge in [-0.15, -0.1) is 0 Å². The fourth-order valence-electron chi connectivity index (χ4n) is 1.07. The zero-order valence-electron chi connectivity index (χ0n) is 9.75. The molecule has 0 unspecified atom stereocenters. The molecule has 1 rings (SSSR count). The van der Waals surface area contributed by atoms with Crippen LogP contribution in [-0.4, -0.2) is 35.1 Å². The summed E-state index contributed by atoms with van der Waals surface area (Å²) in [6, 6.07) is 1.07. The van der Waals surface area contributed by atoms with E-state index in [1.54, 1.807) is 0 Å². The van der Waals surface area contributed by atoms with Crippen LogP contribution in [0.15, 0.2) is 0 Å². The van der Waals surface area contributed by atoms with Gasteiger partial charge in [0.2, 0.25) is 10.0 Å². The number of sulfonamides is 1. The Hall–Kier alpha value is 0.0869. The van der Waals surface area contributed by atoms with Crippen molar-refractivity contribution in [3.63, 3.8) is 0 Å². The first-order chi connectivity index (χ1) is 6.81. The zero-order chi connectivity index (χ0) is 11.5. The second-order valence-corrected chi connectivity index (χ2v) is 12.9. The molecule has 0 atom stereocenters. The first-order valence-corrected chi connectivity index (χ1v) is 10.6. The van der Waals surface area contributed by atoms with E-state index in [4.69, 9.17) is 4.74 Å². The molecule has 1 aliphatic carbocycles. The molecule has 0 aromatic heterocycles. The van der Waals surface area contributed by atoms with E-state index in [0.29, 0.717) is 6.61 Å². The van der Waals surface area contributed by atoms with Crippen molar-refractivity contribution in [2.45, 2.75) is 43.8 Å². The van der Waals surface area contributed by atoms with Gasteiger partial charge in [0.25, 0.3) is 0 Å². The fraction of sp³-hybridized carbons (Fsp3) is 1.00. The summed E-state index contributed by atoms with van der Waals surface area (Å²) < 4.78 is 30.5. The van der Waals surface area contributed by atoms with Crippen LogP contribution in [0.1, 0.15) is 12.8 Å². The van der Waals surface area contributed by atoms with Gasteiger partial charge in [-0.05, 0) is 18.9 Å². The molecule has 0 spiro atoms. The molecule has 1 saturated carbocycles. The van der Waals surface area contributed by atoms with Gasteiger partial charge in [0.05, 0.1) is 5.25 Å². The van der Waals surface area contributed by atoms with Crippen molar-refractivity contribution in [3.8, 4) is 0 Å². The molecule has 0 aromatic rings. The maximum atomic E-state index is 11.4. The summed E-state index contributed by atoms with van der Waals surface area (Å²) in [6.07, 6.45) is 1.59. The highest BCUT2D eigenvalue weighted by atomic mass is 32.2. The zero-order valence-corrected chi connectivity index (χ0v) is 11.6. The quantitative estimate of drug-likeness (QED) is 0.422. The van der Waals surface area contributed by atoms with Crippen molar-refractivity contribution in [1.29, 1.82) is 0 Å². The molecule has 1 fully saturated rings. The SMILES string of the molecule is C[Si](C)(C)CCOCNS(=O)(=O)C1CC1. The maximum absolute atomic E-state index is 11.4. The Morgan fingerprint density at radius 1 is 1.33 bits per heavy atom. The van der Waals surface area contributed by atoms with Crippen LogP contribution in [0.2, 0.25) is 25.7 Å². The molecule has 1 N–H and O–H groups in total. The monoisotopic (exact) mass is 251 g/mol. The highest BCUT2D eigenvalue weighted by Crippen LogP contribution is 2.27. The van der Waals surface area contributed by atoms with Crippen LogP contribution in [0, 0.1) is 0 Å². The second-order valence-electron chi connectivity index (χ2n) is 5.25. The lowest BCUT2D eigenvalue weighted by Gasteiger charge is -2.15. The molecule has 90 valence electrons. The smallest absolute Gasteiger partial charge is 0.216 e. The van der Waals surface area contributed by atoms with Crippen LogP contribution in [0.5, 0.6) is 0 Å². The number of ether oxygens (including phenoxy) is 1. The van der Waals surface area contributed by atoms with Crippen molar-refractivity contribution in [2.75, 3.05) is 13.3 Å². The van der Waals surface area contributed by atoms with E-state index < -0.39 is 18.1 Å². The Kier molecular flexibility index (Phi) is 4.34. The Balaban J connectivity index is 2.07. The van der Waals surface area contributed by atoms with Gasteiger partial charge in [-0.2, -0.15) is 4.72 Å². The Labute approximate surface area is 93.5 Å². The van der Waals surface area contributed by atoms with Crippen LogP contribution < -0.4 is 4.72 Å². The third kappa shape index (κ3) is 5.65. The Morgan fingerprint density at radius 2 is 1.93 bits per heavy atom. The molecule has 0 amide bonds. The van der Waals surface area contributed by atoms with Crippen LogP contribution in [-0.2, 0) is 14.8 Å². The lowest BCUT2D eigenvalue weighted by Crippen LogP contribution is -2.30. The standard InChI is InChI=1S/C9H21NO3SSi/c1-15(2,3)7-6-13-8-10-14(11,12)9-4-5-9/h9-10H,4-8H2,1-3H3. The largest absolute Gasteiger partial charge is 0.366 e. The van der Waals surface area contributed by atoms with Crippen LogP contribution in [0.25, 0.3) is 0 Å². The summed E-state index contributed by atoms with van der Waals surface area (Å²) in [4.78, 5) is 0. The van der Waals surface area contributed by atoms with E-state index in [1.807, 2.05) is 0 Å². The van der Waals surface area contributed by atoms with Crippen LogP contribution in [0.3, 0.4) is 0 Å². The van der Waals surface area contributed by atoms with Gasteiger partial charge in [0.1, 0.15) is 6.73 Å². The average Bonchev–Trinajstić information content (AvgIpc) is 2.82. The molecular formula is C9H21NO3SSi. The van der Waals surface area contributed by atoms with Gasteiger partial charge in [-0.25, -0.2) is 8.42 Å². The third-order valence-corrected chi connectivity index (χ3v) is 5.90. The summed E-state index contributed by atoms with van der Waals surface area (Å²) >= 11 is 0. The predicted molar refractivity (Wildman–Crippen MR) is 64.0 cm³/mol. The van der Waals surface area contributed by atoms with Gasteiger partial charge in [-0.3, -0.25) is 0 Å². The molecular weight excluding hydrogens is 230 g/mol. The summed E-state index contributed by atoms with van der Waals surface area (Å²) in [5, 5.41) is -0.155. The molecule has 0 aromatic carbocycles. The van der Waals surface area contributed by atoms with E-state index in [1.165, 1.54) is 0 Å². The van der Waals surface area contributed by atoms with Crippen molar-refractivity contribution in [2.24, 2.45) is 0 Å². The molecule has 0 aliphatic heterocycles. The van der Waals surface area contributed by atoms with Crippen LogP contribution in [0.4, 0.5) is 0 Å². The van der Waals surface area contributed by atoms with E-state index in [9.17, 15) is 8.42 Å². The molecule has 1 aliphatic rings. The highest BCUT2D eigenvalue weighted by Gasteiger charge is 2.35. The second kappa shape index (κ2) is 4.95. The van der Waals surface area contributed by atoms with Crippen molar-refractivity contribution in [3.05, 3.63) is 0 Å². The molecule has 0 bridgehead atoms. The molecule has 0 heterocycles. The molecule has 0 saturated heterocycles. The summed E-state index contributed by atoms with van der Waals surface area (Å²) in [5.74, 6) is 0. The molecule has 4 nitrogen and oxygen atoms in total. The van der Waals surface area contributed by atoms with Gasteiger partial charge in [-0.1, -0.05) is 19.6 Å². The van der Waals surface area contributed by atoms with Crippen molar-refractivity contribution < 1.29 is 13.2 Å². The first-order valence-electron chi connectivity index (χ1n) is 5.37. The van der Waals surface area contributed by atoms with Gasteiger partial charge < -0.3 is 4.74 Å². The topological polar surface area (TPSA) is 55.4 Å². The Bertz CT molecular complexity index is 293. The first kappa shape index (κ1) is 13.2. The minimum absolute atomic E-state index is 0.128. The van der Waals surface area contributed by atoms with Gasteiger partial charge in [0.15, 0.2) is 0 Å². The lowest BCUT2D eigenvalue weighted by molar-refractivity contribution is 0.143. The normalized spacial score (nSPS) is 18.1. The minimum Gasteiger partial charge on any atom is -0.366 e. The van der Waals surface area contributed by atoms with E-state index in [2.05, 4.69) is 24.4 Å². The summed E-state index contributed by atoms with van der Waals surface area (Å²) in [6.45, 7) is 7.59. The molecule has 6 heteroatoms. The summed E-state index contributed by atoms with van der Waals surface area (Å²) in [7, 11) is -4.13.